The Kier molecular flexibility index (Phi) is 3.16. The number of hydrogen-bond donors (Lipinski definition) is 0. The lowest BCUT2D eigenvalue weighted by atomic mass is 9.96. The maximum atomic E-state index is 5.90. The zero-order valence-electron chi connectivity index (χ0n) is 7.89. The first-order valence-corrected chi connectivity index (χ1v) is 4.81. The molecule has 0 spiro atoms. The Hall–Kier alpha value is -0.490. The second-order valence-electron chi connectivity index (χ2n) is 3.35. The molecule has 0 bridgehead atoms. The van der Waals surface area contributed by atoms with Gasteiger partial charge in [0.15, 0.2) is 0 Å². The molecule has 1 rings (SSSR count). The van der Waals surface area contributed by atoms with Crippen molar-refractivity contribution in [1.29, 1.82) is 0 Å². The third-order valence-corrected chi connectivity index (χ3v) is 2.34. The molecule has 0 unspecified atom stereocenters. The molecule has 66 valence electrons. The van der Waals surface area contributed by atoms with Gasteiger partial charge in [0.05, 0.1) is 0 Å². The van der Waals surface area contributed by atoms with Gasteiger partial charge in [-0.1, -0.05) is 38.4 Å². The predicted molar refractivity (Wildman–Crippen MR) is 54.9 cm³/mol. The van der Waals surface area contributed by atoms with Gasteiger partial charge in [0.25, 0.3) is 0 Å². The van der Waals surface area contributed by atoms with E-state index in [2.05, 4.69) is 32.9 Å². The maximum Gasteiger partial charge on any atom is 0.0408 e. The molecule has 0 radical (unpaired) electrons. The lowest BCUT2D eigenvalue weighted by Crippen LogP contribution is -1.94. The molecule has 12 heavy (non-hydrogen) atoms. The number of aryl methyl sites for hydroxylation is 1. The van der Waals surface area contributed by atoms with Crippen molar-refractivity contribution in [3.8, 4) is 0 Å². The molecule has 0 fully saturated rings. The fraction of sp³-hybridized carbons (Fsp3) is 0.455. The van der Waals surface area contributed by atoms with Crippen LogP contribution in [0.1, 0.15) is 37.8 Å². The zero-order chi connectivity index (χ0) is 9.14. The van der Waals surface area contributed by atoms with Crippen molar-refractivity contribution in [3.63, 3.8) is 0 Å². The van der Waals surface area contributed by atoms with Crippen LogP contribution in [-0.4, -0.2) is 0 Å². The van der Waals surface area contributed by atoms with Crippen molar-refractivity contribution >= 4 is 11.6 Å². The van der Waals surface area contributed by atoms with Gasteiger partial charge in [-0.3, -0.25) is 0 Å². The van der Waals surface area contributed by atoms with Crippen LogP contribution in [0, 0.1) is 0 Å². The molecule has 0 aromatic heterocycles. The van der Waals surface area contributed by atoms with Crippen molar-refractivity contribution in [3.05, 3.63) is 34.3 Å². The largest absolute Gasteiger partial charge is 0.0843 e. The van der Waals surface area contributed by atoms with Gasteiger partial charge in [-0.2, -0.15) is 0 Å². The van der Waals surface area contributed by atoms with Gasteiger partial charge in [-0.15, -0.1) is 0 Å². The van der Waals surface area contributed by atoms with Crippen LogP contribution in [0.15, 0.2) is 18.2 Å². The Labute approximate surface area is 79.6 Å². The number of halogens is 1. The summed E-state index contributed by atoms with van der Waals surface area (Å²) >= 11 is 5.90. The molecule has 0 saturated carbocycles. The van der Waals surface area contributed by atoms with Gasteiger partial charge in [0.2, 0.25) is 0 Å². The summed E-state index contributed by atoms with van der Waals surface area (Å²) in [6.45, 7) is 6.59. The molecule has 0 atom stereocenters. The summed E-state index contributed by atoms with van der Waals surface area (Å²) in [5.74, 6) is 0.595. The van der Waals surface area contributed by atoms with Gasteiger partial charge in [-0.25, -0.2) is 0 Å². The van der Waals surface area contributed by atoms with Crippen molar-refractivity contribution < 1.29 is 0 Å². The summed E-state index contributed by atoms with van der Waals surface area (Å²) in [5.41, 5.74) is 2.79. The van der Waals surface area contributed by atoms with Crippen molar-refractivity contribution in [2.75, 3.05) is 0 Å². The Morgan fingerprint density at radius 3 is 2.50 bits per heavy atom. The van der Waals surface area contributed by atoms with E-state index in [1.165, 1.54) is 11.1 Å². The van der Waals surface area contributed by atoms with Crippen LogP contribution in [0.25, 0.3) is 0 Å². The van der Waals surface area contributed by atoms with E-state index in [-0.39, 0.29) is 0 Å². The molecule has 0 nitrogen and oxygen atoms in total. The van der Waals surface area contributed by atoms with Gasteiger partial charge < -0.3 is 0 Å². The van der Waals surface area contributed by atoms with E-state index < -0.39 is 0 Å². The van der Waals surface area contributed by atoms with Gasteiger partial charge in [-0.05, 0) is 35.6 Å². The summed E-state index contributed by atoms with van der Waals surface area (Å²) in [6.07, 6.45) is 1.06. The quantitative estimate of drug-likeness (QED) is 0.648. The molecular weight excluding hydrogens is 168 g/mol. The normalized spacial score (nSPS) is 10.8. The smallest absolute Gasteiger partial charge is 0.0408 e. The standard InChI is InChI=1S/C11H15Cl/c1-4-9-7-10(12)5-6-11(9)8(2)3/h5-8H,4H2,1-3H3. The summed E-state index contributed by atoms with van der Waals surface area (Å²) in [5, 5.41) is 0.844. The van der Waals surface area contributed by atoms with E-state index in [0.717, 1.165) is 11.4 Å². The summed E-state index contributed by atoms with van der Waals surface area (Å²) in [7, 11) is 0. The maximum absolute atomic E-state index is 5.90. The highest BCUT2D eigenvalue weighted by atomic mass is 35.5. The number of benzene rings is 1. The number of rotatable bonds is 2. The van der Waals surface area contributed by atoms with E-state index in [9.17, 15) is 0 Å². The Morgan fingerprint density at radius 1 is 1.33 bits per heavy atom. The molecule has 0 amide bonds. The second-order valence-corrected chi connectivity index (χ2v) is 3.79. The highest BCUT2D eigenvalue weighted by Crippen LogP contribution is 2.23. The third-order valence-electron chi connectivity index (χ3n) is 2.11. The van der Waals surface area contributed by atoms with Crippen LogP contribution in [0.3, 0.4) is 0 Å². The Morgan fingerprint density at radius 2 is 2.00 bits per heavy atom. The molecule has 0 aliphatic heterocycles. The number of hydrogen-bond acceptors (Lipinski definition) is 0. The van der Waals surface area contributed by atoms with Crippen LogP contribution < -0.4 is 0 Å². The van der Waals surface area contributed by atoms with E-state index in [0.29, 0.717) is 5.92 Å². The Bertz CT molecular complexity index is 264. The lowest BCUT2D eigenvalue weighted by Gasteiger charge is -2.11. The average molecular weight is 183 g/mol. The van der Waals surface area contributed by atoms with E-state index in [1.54, 1.807) is 0 Å². The van der Waals surface area contributed by atoms with Gasteiger partial charge >= 0.3 is 0 Å². The second kappa shape index (κ2) is 3.95. The monoisotopic (exact) mass is 182 g/mol. The van der Waals surface area contributed by atoms with Crippen LogP contribution in [0.2, 0.25) is 5.02 Å². The molecule has 1 aromatic rings. The summed E-state index contributed by atoms with van der Waals surface area (Å²) < 4.78 is 0. The minimum absolute atomic E-state index is 0.595. The molecule has 0 aliphatic rings. The molecule has 0 saturated heterocycles. The highest BCUT2D eigenvalue weighted by molar-refractivity contribution is 6.30. The average Bonchev–Trinajstić information content (AvgIpc) is 2.03. The minimum atomic E-state index is 0.595. The first kappa shape index (κ1) is 9.60. The molecule has 0 aliphatic carbocycles. The van der Waals surface area contributed by atoms with Crippen LogP contribution in [0.4, 0.5) is 0 Å². The SMILES string of the molecule is CCc1cc(Cl)ccc1C(C)C. The first-order valence-electron chi connectivity index (χ1n) is 4.43. The Balaban J connectivity index is 3.11. The fourth-order valence-corrected chi connectivity index (χ4v) is 1.64. The highest BCUT2D eigenvalue weighted by Gasteiger charge is 2.04. The van der Waals surface area contributed by atoms with Crippen LogP contribution in [-0.2, 0) is 6.42 Å². The van der Waals surface area contributed by atoms with Crippen LogP contribution >= 0.6 is 11.6 Å². The first-order chi connectivity index (χ1) is 5.65. The molecule has 0 N–H and O–H groups in total. The molecule has 1 aromatic carbocycles. The van der Waals surface area contributed by atoms with Gasteiger partial charge in [0.1, 0.15) is 0 Å². The summed E-state index contributed by atoms with van der Waals surface area (Å²) in [6, 6.07) is 6.17. The van der Waals surface area contributed by atoms with E-state index >= 15 is 0 Å². The predicted octanol–water partition coefficient (Wildman–Crippen LogP) is 4.03. The zero-order valence-corrected chi connectivity index (χ0v) is 8.65. The van der Waals surface area contributed by atoms with E-state index in [1.807, 2.05) is 6.07 Å². The topological polar surface area (TPSA) is 0 Å². The molecule has 1 heteroatoms. The lowest BCUT2D eigenvalue weighted by molar-refractivity contribution is 0.844. The molecule has 0 heterocycles. The van der Waals surface area contributed by atoms with Gasteiger partial charge in [0, 0.05) is 5.02 Å². The van der Waals surface area contributed by atoms with Crippen molar-refractivity contribution in [2.24, 2.45) is 0 Å². The third kappa shape index (κ3) is 2.01. The summed E-state index contributed by atoms with van der Waals surface area (Å²) in [4.78, 5) is 0. The fourth-order valence-electron chi connectivity index (χ4n) is 1.44. The minimum Gasteiger partial charge on any atom is -0.0843 e. The molecular formula is C11H15Cl. The van der Waals surface area contributed by atoms with Crippen LogP contribution in [0.5, 0.6) is 0 Å². The van der Waals surface area contributed by atoms with Crippen molar-refractivity contribution in [2.45, 2.75) is 33.1 Å². The van der Waals surface area contributed by atoms with Crippen molar-refractivity contribution in [1.82, 2.24) is 0 Å². The van der Waals surface area contributed by atoms with E-state index in [4.69, 9.17) is 11.6 Å².